The number of hydrogen-bond donors (Lipinski definition) is 0. The molecule has 0 heterocycles. The third kappa shape index (κ3) is 1.02. The molecule has 0 aliphatic heterocycles. The van der Waals surface area contributed by atoms with Gasteiger partial charge in [-0.3, -0.25) is 4.99 Å². The second kappa shape index (κ2) is 1.65. The highest BCUT2D eigenvalue weighted by molar-refractivity contribution is 6.00. The summed E-state index contributed by atoms with van der Waals surface area (Å²) in [4.78, 5) is 4.23. The summed E-state index contributed by atoms with van der Waals surface area (Å²) >= 11 is 0. The molecule has 0 aromatic rings. The third-order valence-electron chi connectivity index (χ3n) is 1.29. The van der Waals surface area contributed by atoms with Crippen LogP contribution in [0.15, 0.2) is 4.99 Å². The van der Waals surface area contributed by atoms with Gasteiger partial charge in [0.25, 0.3) is 0 Å². The predicted octanol–water partition coefficient (Wildman–Crippen LogP) is 1.49. The Morgan fingerprint density at radius 1 is 1.86 bits per heavy atom. The maximum absolute atomic E-state index is 4.23. The van der Waals surface area contributed by atoms with E-state index >= 15 is 0 Å². The minimum absolute atomic E-state index is 0.819. The lowest BCUT2D eigenvalue weighted by Crippen LogP contribution is -1.72. The van der Waals surface area contributed by atoms with E-state index in [1.54, 1.807) is 0 Å². The molecular weight excluding hydrogens is 86.1 g/mol. The normalized spacial score (nSPS) is 34.0. The molecule has 0 aromatic heterocycles. The molecule has 1 heteroatoms. The minimum Gasteiger partial charge on any atom is -0.294 e. The summed E-state index contributed by atoms with van der Waals surface area (Å²) in [6.07, 6.45) is 1.26. The van der Waals surface area contributed by atoms with Gasteiger partial charge in [0.1, 0.15) is 0 Å². The fraction of sp³-hybridized carbons (Fsp3) is 0.833. The van der Waals surface area contributed by atoms with Gasteiger partial charge in [-0.15, -0.1) is 0 Å². The van der Waals surface area contributed by atoms with Crippen LogP contribution in [-0.2, 0) is 0 Å². The van der Waals surface area contributed by atoms with Crippen molar-refractivity contribution in [3.8, 4) is 0 Å². The Bertz CT molecular complexity index is 94.4. The van der Waals surface area contributed by atoms with Gasteiger partial charge in [0.05, 0.1) is 0 Å². The van der Waals surface area contributed by atoms with Crippen LogP contribution in [-0.4, -0.2) is 12.3 Å². The average molecular weight is 97.2 g/mol. The molecule has 0 amide bonds. The van der Waals surface area contributed by atoms with Crippen LogP contribution in [0, 0.1) is 5.92 Å². The molecule has 0 unspecified atom stereocenters. The molecule has 1 nitrogen and oxygen atoms in total. The van der Waals surface area contributed by atoms with Crippen molar-refractivity contribution < 1.29 is 0 Å². The average Bonchev–Trinajstić information content (AvgIpc) is 2.22. The van der Waals surface area contributed by atoms with Gasteiger partial charge >= 0.3 is 0 Å². The SMILES string of the molecule is CCN=C1C[C@@H]1C. The first-order valence-corrected chi connectivity index (χ1v) is 2.87. The van der Waals surface area contributed by atoms with E-state index in [1.165, 1.54) is 12.1 Å². The Labute approximate surface area is 44.5 Å². The van der Waals surface area contributed by atoms with Gasteiger partial charge in [-0.25, -0.2) is 0 Å². The van der Waals surface area contributed by atoms with Crippen LogP contribution >= 0.6 is 0 Å². The van der Waals surface area contributed by atoms with Crippen molar-refractivity contribution >= 4 is 5.71 Å². The lowest BCUT2D eigenvalue weighted by atomic mass is 10.5. The molecule has 0 bridgehead atoms. The van der Waals surface area contributed by atoms with Crippen LogP contribution in [0.5, 0.6) is 0 Å². The zero-order valence-electron chi connectivity index (χ0n) is 4.94. The van der Waals surface area contributed by atoms with Crippen LogP contribution < -0.4 is 0 Å². The highest BCUT2D eigenvalue weighted by Crippen LogP contribution is 2.24. The summed E-state index contributed by atoms with van der Waals surface area (Å²) in [6.45, 7) is 5.27. The van der Waals surface area contributed by atoms with Crippen molar-refractivity contribution in [2.75, 3.05) is 6.54 Å². The third-order valence-corrected chi connectivity index (χ3v) is 1.29. The molecule has 1 aliphatic rings. The first-order chi connectivity index (χ1) is 3.34. The molecule has 40 valence electrons. The zero-order chi connectivity index (χ0) is 5.28. The molecule has 1 rings (SSSR count). The molecule has 7 heavy (non-hydrogen) atoms. The van der Waals surface area contributed by atoms with Crippen LogP contribution in [0.3, 0.4) is 0 Å². The van der Waals surface area contributed by atoms with E-state index in [2.05, 4.69) is 18.8 Å². The fourth-order valence-corrected chi connectivity index (χ4v) is 0.678. The topological polar surface area (TPSA) is 12.4 Å². The van der Waals surface area contributed by atoms with Crippen molar-refractivity contribution in [2.24, 2.45) is 10.9 Å². The van der Waals surface area contributed by atoms with Crippen molar-refractivity contribution in [1.82, 2.24) is 0 Å². The Kier molecular flexibility index (Phi) is 1.13. The van der Waals surface area contributed by atoms with E-state index in [4.69, 9.17) is 0 Å². The molecule has 1 saturated carbocycles. The molecule has 1 atom stereocenters. The lowest BCUT2D eigenvalue weighted by Gasteiger charge is -1.73. The van der Waals surface area contributed by atoms with Crippen LogP contribution in [0.25, 0.3) is 0 Å². The minimum atomic E-state index is 0.819. The molecule has 0 N–H and O–H groups in total. The molecule has 0 saturated heterocycles. The second-order valence-corrected chi connectivity index (χ2v) is 2.07. The monoisotopic (exact) mass is 97.1 g/mol. The van der Waals surface area contributed by atoms with Gasteiger partial charge in [-0.05, 0) is 19.3 Å². The van der Waals surface area contributed by atoms with Gasteiger partial charge in [-0.1, -0.05) is 6.92 Å². The van der Waals surface area contributed by atoms with E-state index in [9.17, 15) is 0 Å². The second-order valence-electron chi connectivity index (χ2n) is 2.07. The smallest absolute Gasteiger partial charge is 0.0360 e. The molecule has 0 aromatic carbocycles. The molecular formula is C6H11N. The van der Waals surface area contributed by atoms with Crippen LogP contribution in [0.2, 0.25) is 0 Å². The molecule has 0 radical (unpaired) electrons. The van der Waals surface area contributed by atoms with E-state index < -0.39 is 0 Å². The van der Waals surface area contributed by atoms with E-state index in [-0.39, 0.29) is 0 Å². The number of hydrogen-bond acceptors (Lipinski definition) is 1. The van der Waals surface area contributed by atoms with Gasteiger partial charge in [-0.2, -0.15) is 0 Å². The molecule has 1 fully saturated rings. The summed E-state index contributed by atoms with van der Waals surface area (Å²) in [5, 5.41) is 0. The first kappa shape index (κ1) is 4.82. The van der Waals surface area contributed by atoms with Crippen LogP contribution in [0.1, 0.15) is 20.3 Å². The van der Waals surface area contributed by atoms with E-state index in [0.29, 0.717) is 0 Å². The Hall–Kier alpha value is -0.330. The maximum atomic E-state index is 4.23. The Morgan fingerprint density at radius 2 is 2.43 bits per heavy atom. The first-order valence-electron chi connectivity index (χ1n) is 2.87. The number of rotatable bonds is 1. The number of nitrogens with zero attached hydrogens (tertiary/aromatic N) is 1. The van der Waals surface area contributed by atoms with Crippen LogP contribution in [0.4, 0.5) is 0 Å². The largest absolute Gasteiger partial charge is 0.294 e. The van der Waals surface area contributed by atoms with Gasteiger partial charge in [0.2, 0.25) is 0 Å². The van der Waals surface area contributed by atoms with E-state index in [1.807, 2.05) is 0 Å². The quantitative estimate of drug-likeness (QED) is 0.470. The van der Waals surface area contributed by atoms with E-state index in [0.717, 1.165) is 12.5 Å². The van der Waals surface area contributed by atoms with Crippen molar-refractivity contribution in [3.05, 3.63) is 0 Å². The van der Waals surface area contributed by atoms with Gasteiger partial charge < -0.3 is 0 Å². The van der Waals surface area contributed by atoms with Crippen molar-refractivity contribution in [2.45, 2.75) is 20.3 Å². The van der Waals surface area contributed by atoms with Crippen molar-refractivity contribution in [3.63, 3.8) is 0 Å². The standard InChI is InChI=1S/C6H11N/c1-3-7-6-4-5(6)2/h5H,3-4H2,1-2H3/t5-/m0/s1. The molecule has 1 aliphatic carbocycles. The van der Waals surface area contributed by atoms with Gasteiger partial charge in [0.15, 0.2) is 0 Å². The highest BCUT2D eigenvalue weighted by Gasteiger charge is 2.24. The maximum Gasteiger partial charge on any atom is 0.0360 e. The number of aliphatic imine (C=N–C) groups is 1. The van der Waals surface area contributed by atoms with Crippen molar-refractivity contribution in [1.29, 1.82) is 0 Å². The fourth-order valence-electron chi connectivity index (χ4n) is 0.678. The van der Waals surface area contributed by atoms with Gasteiger partial charge in [0, 0.05) is 12.3 Å². The molecule has 0 spiro atoms. The Balaban J connectivity index is 2.30. The highest BCUT2D eigenvalue weighted by atomic mass is 14.8. The summed E-state index contributed by atoms with van der Waals surface area (Å²) in [5.41, 5.74) is 1.42. The lowest BCUT2D eigenvalue weighted by molar-refractivity contribution is 1.03. The summed E-state index contributed by atoms with van der Waals surface area (Å²) < 4.78 is 0. The zero-order valence-corrected chi connectivity index (χ0v) is 4.94. The Morgan fingerprint density at radius 3 is 2.57 bits per heavy atom. The summed E-state index contributed by atoms with van der Waals surface area (Å²) in [5.74, 6) is 0.819. The summed E-state index contributed by atoms with van der Waals surface area (Å²) in [6, 6.07) is 0. The predicted molar refractivity (Wildman–Crippen MR) is 31.8 cm³/mol. The summed E-state index contributed by atoms with van der Waals surface area (Å²) in [7, 11) is 0.